The molecule has 0 spiro atoms. The number of hydrogen-bond donors (Lipinski definition) is 2. The number of carbonyl (C=O) groups is 1. The Morgan fingerprint density at radius 1 is 1.41 bits per heavy atom. The molecule has 0 saturated carbocycles. The fraction of sp³-hybridized carbons (Fsp3) is 0.300. The second-order valence-corrected chi connectivity index (χ2v) is 5.91. The van der Waals surface area contributed by atoms with Gasteiger partial charge in [-0.1, -0.05) is 18.2 Å². The van der Waals surface area contributed by atoms with Gasteiger partial charge in [0.2, 0.25) is 10.0 Å². The molecule has 0 aromatic heterocycles. The first-order valence-corrected chi connectivity index (χ1v) is 7.64. The minimum Gasteiger partial charge on any atom is -0.480 e. The smallest absolute Gasteiger partial charge is 0.322 e. The lowest BCUT2D eigenvalue weighted by Crippen LogP contribution is -2.42. The maximum absolute atomic E-state index is 11.8. The summed E-state index contributed by atoms with van der Waals surface area (Å²) in [6, 6.07) is 6.57. The molecule has 0 aliphatic carbocycles. The average Bonchev–Trinajstić information content (AvgIpc) is 2.29. The van der Waals surface area contributed by atoms with Crippen molar-refractivity contribution in [1.82, 2.24) is 4.72 Å². The van der Waals surface area contributed by atoms with Crippen LogP contribution in [0, 0.1) is 0 Å². The van der Waals surface area contributed by atoms with Gasteiger partial charge >= 0.3 is 5.97 Å². The molecule has 94 valence electrons. The monoisotopic (exact) mass is 275 g/mol. The molecule has 0 aliphatic rings. The van der Waals surface area contributed by atoms with Crippen LogP contribution in [-0.4, -0.2) is 37.5 Å². The number of nitrogens with one attached hydrogen (secondary N) is 1. The first-order valence-electron chi connectivity index (χ1n) is 4.76. The van der Waals surface area contributed by atoms with Crippen molar-refractivity contribution in [3.8, 4) is 0 Å². The van der Waals surface area contributed by atoms with Crippen molar-refractivity contribution >= 4 is 27.8 Å². The molecule has 1 atom stereocenters. The molecule has 1 unspecified atom stereocenters. The van der Waals surface area contributed by atoms with Gasteiger partial charge in [0.25, 0.3) is 0 Å². The standard InChI is InChI=1S/C10H13NO4S2/c1-16-7-9(10(12)13)11-17(14,15)8-5-3-2-4-6-8/h2-6,9,11H,7H2,1H3,(H,12,13). The summed E-state index contributed by atoms with van der Waals surface area (Å²) in [4.78, 5) is 10.9. The number of rotatable bonds is 6. The van der Waals surface area contributed by atoms with E-state index in [1.54, 1.807) is 24.5 Å². The summed E-state index contributed by atoms with van der Waals surface area (Å²) in [5.74, 6) is -1.000. The van der Waals surface area contributed by atoms with Crippen molar-refractivity contribution in [2.75, 3.05) is 12.0 Å². The highest BCUT2D eigenvalue weighted by molar-refractivity contribution is 7.98. The molecule has 5 nitrogen and oxygen atoms in total. The molecule has 0 heterocycles. The Morgan fingerprint density at radius 3 is 2.47 bits per heavy atom. The van der Waals surface area contributed by atoms with Crippen molar-refractivity contribution in [1.29, 1.82) is 0 Å². The lowest BCUT2D eigenvalue weighted by Gasteiger charge is -2.13. The summed E-state index contributed by atoms with van der Waals surface area (Å²) >= 11 is 1.27. The van der Waals surface area contributed by atoms with Crippen LogP contribution in [0.25, 0.3) is 0 Å². The predicted molar refractivity (Wildman–Crippen MR) is 66.6 cm³/mol. The third-order valence-corrected chi connectivity index (χ3v) is 4.14. The van der Waals surface area contributed by atoms with Crippen molar-refractivity contribution in [2.45, 2.75) is 10.9 Å². The molecular weight excluding hydrogens is 262 g/mol. The van der Waals surface area contributed by atoms with Gasteiger partial charge in [-0.15, -0.1) is 0 Å². The normalized spacial score (nSPS) is 13.2. The van der Waals surface area contributed by atoms with Gasteiger partial charge in [-0.3, -0.25) is 4.79 Å². The lowest BCUT2D eigenvalue weighted by atomic mass is 10.4. The number of benzene rings is 1. The largest absolute Gasteiger partial charge is 0.480 e. The Bertz CT molecular complexity index is 472. The summed E-state index contributed by atoms with van der Waals surface area (Å²) in [5.41, 5.74) is 0. The fourth-order valence-corrected chi connectivity index (χ4v) is 3.05. The van der Waals surface area contributed by atoms with E-state index >= 15 is 0 Å². The van der Waals surface area contributed by atoms with Gasteiger partial charge in [0.1, 0.15) is 6.04 Å². The zero-order valence-corrected chi connectivity index (χ0v) is 10.8. The first kappa shape index (κ1) is 14.0. The van der Waals surface area contributed by atoms with E-state index in [0.717, 1.165) is 0 Å². The van der Waals surface area contributed by atoms with Crippen LogP contribution in [0.15, 0.2) is 35.2 Å². The van der Waals surface area contributed by atoms with Crippen LogP contribution >= 0.6 is 11.8 Å². The van der Waals surface area contributed by atoms with Crippen LogP contribution < -0.4 is 4.72 Å². The molecule has 1 aromatic carbocycles. The van der Waals surface area contributed by atoms with E-state index < -0.39 is 22.0 Å². The lowest BCUT2D eigenvalue weighted by molar-refractivity contribution is -0.138. The van der Waals surface area contributed by atoms with Crippen LogP contribution in [0.5, 0.6) is 0 Å². The van der Waals surface area contributed by atoms with Crippen LogP contribution in [0.2, 0.25) is 0 Å². The topological polar surface area (TPSA) is 83.5 Å². The highest BCUT2D eigenvalue weighted by Gasteiger charge is 2.24. The Morgan fingerprint density at radius 2 is 2.00 bits per heavy atom. The van der Waals surface area contributed by atoms with E-state index in [-0.39, 0.29) is 10.6 Å². The van der Waals surface area contributed by atoms with E-state index in [4.69, 9.17) is 5.11 Å². The minimum atomic E-state index is -3.77. The summed E-state index contributed by atoms with van der Waals surface area (Å²) in [5, 5.41) is 8.87. The SMILES string of the molecule is CSCC(NS(=O)(=O)c1ccccc1)C(=O)O. The molecule has 7 heteroatoms. The van der Waals surface area contributed by atoms with Gasteiger partial charge in [-0.25, -0.2) is 8.42 Å². The van der Waals surface area contributed by atoms with Crippen LogP contribution in [0.4, 0.5) is 0 Å². The van der Waals surface area contributed by atoms with Crippen molar-refractivity contribution < 1.29 is 18.3 Å². The molecule has 2 N–H and O–H groups in total. The molecule has 1 aromatic rings. The van der Waals surface area contributed by atoms with Crippen molar-refractivity contribution in [3.05, 3.63) is 30.3 Å². The minimum absolute atomic E-state index is 0.0624. The van der Waals surface area contributed by atoms with E-state index in [1.807, 2.05) is 0 Å². The summed E-state index contributed by atoms with van der Waals surface area (Å²) < 4.78 is 25.8. The second-order valence-electron chi connectivity index (χ2n) is 3.28. The van der Waals surface area contributed by atoms with E-state index in [2.05, 4.69) is 4.72 Å². The summed E-state index contributed by atoms with van der Waals surface area (Å²) in [6.07, 6.45) is 1.72. The van der Waals surface area contributed by atoms with E-state index in [0.29, 0.717) is 0 Å². The second kappa shape index (κ2) is 6.04. The van der Waals surface area contributed by atoms with Gasteiger partial charge in [0, 0.05) is 5.75 Å². The average molecular weight is 275 g/mol. The number of thioether (sulfide) groups is 1. The molecule has 0 saturated heterocycles. The number of aliphatic carboxylic acids is 1. The van der Waals surface area contributed by atoms with Crippen LogP contribution in [0.1, 0.15) is 0 Å². The van der Waals surface area contributed by atoms with Crippen molar-refractivity contribution in [2.24, 2.45) is 0 Å². The third kappa shape index (κ3) is 4.03. The Balaban J connectivity index is 2.89. The van der Waals surface area contributed by atoms with Gasteiger partial charge in [0.15, 0.2) is 0 Å². The number of carboxylic acid groups (broad SMARTS) is 1. The Hall–Kier alpha value is -1.05. The third-order valence-electron chi connectivity index (χ3n) is 1.98. The molecular formula is C10H13NO4S2. The fourth-order valence-electron chi connectivity index (χ4n) is 1.18. The number of hydrogen-bond acceptors (Lipinski definition) is 4. The number of sulfonamides is 1. The van der Waals surface area contributed by atoms with Gasteiger partial charge < -0.3 is 5.11 Å². The van der Waals surface area contributed by atoms with E-state index in [9.17, 15) is 13.2 Å². The summed E-state index contributed by atoms with van der Waals surface area (Å²) in [7, 11) is -3.77. The zero-order valence-electron chi connectivity index (χ0n) is 9.16. The quantitative estimate of drug-likeness (QED) is 0.801. The maximum atomic E-state index is 11.8. The molecule has 0 bridgehead atoms. The van der Waals surface area contributed by atoms with Gasteiger partial charge in [-0.2, -0.15) is 16.5 Å². The molecule has 0 radical (unpaired) electrons. The molecule has 1 rings (SSSR count). The van der Waals surface area contributed by atoms with Crippen LogP contribution in [-0.2, 0) is 14.8 Å². The Labute approximate surface area is 104 Å². The zero-order chi connectivity index (χ0) is 12.9. The Kier molecular flexibility index (Phi) is 4.98. The first-order chi connectivity index (χ1) is 7.97. The molecule has 0 aliphatic heterocycles. The molecule has 0 fully saturated rings. The van der Waals surface area contributed by atoms with Gasteiger partial charge in [-0.05, 0) is 18.4 Å². The highest BCUT2D eigenvalue weighted by atomic mass is 32.2. The predicted octanol–water partition coefficient (Wildman–Crippen LogP) is 0.781. The van der Waals surface area contributed by atoms with Crippen LogP contribution in [0.3, 0.4) is 0 Å². The summed E-state index contributed by atoms with van der Waals surface area (Å²) in [6.45, 7) is 0. The molecule has 17 heavy (non-hydrogen) atoms. The molecule has 0 amide bonds. The highest BCUT2D eigenvalue weighted by Crippen LogP contribution is 2.09. The number of carboxylic acids is 1. The maximum Gasteiger partial charge on any atom is 0.322 e. The van der Waals surface area contributed by atoms with E-state index in [1.165, 1.54) is 23.9 Å². The van der Waals surface area contributed by atoms with Crippen molar-refractivity contribution in [3.63, 3.8) is 0 Å². The van der Waals surface area contributed by atoms with Gasteiger partial charge in [0.05, 0.1) is 4.90 Å².